The highest BCUT2D eigenvalue weighted by molar-refractivity contribution is 5.01. The molecule has 1 aromatic heterocycles. The van der Waals surface area contributed by atoms with Crippen molar-refractivity contribution in [1.29, 1.82) is 0 Å². The Balaban J connectivity index is 2.15. The van der Waals surface area contributed by atoms with Gasteiger partial charge in [0, 0.05) is 12.6 Å². The lowest BCUT2D eigenvalue weighted by Gasteiger charge is -1.99. The summed E-state index contributed by atoms with van der Waals surface area (Å²) >= 11 is 0. The van der Waals surface area contributed by atoms with Crippen LogP contribution in [0.2, 0.25) is 0 Å². The minimum absolute atomic E-state index is 0.527. The van der Waals surface area contributed by atoms with Crippen LogP contribution in [0.5, 0.6) is 0 Å². The summed E-state index contributed by atoms with van der Waals surface area (Å²) in [6.45, 7) is 3.95. The van der Waals surface area contributed by atoms with Gasteiger partial charge in [0.2, 0.25) is 0 Å². The number of hydrogen-bond donors (Lipinski definition) is 1. The number of nitrogens with one attached hydrogen (secondary N) is 1. The highest BCUT2D eigenvalue weighted by Crippen LogP contribution is 2.02. The van der Waals surface area contributed by atoms with E-state index in [0.717, 1.165) is 18.0 Å². The average Bonchev–Trinajstić information content (AvgIpc) is 2.45. The van der Waals surface area contributed by atoms with Crippen molar-refractivity contribution in [2.24, 2.45) is 0 Å². The molecule has 0 fully saturated rings. The molecule has 0 aliphatic rings. The topological polar surface area (TPSA) is 47.3 Å². The predicted octanol–water partition coefficient (Wildman–Crippen LogP) is 0.719. The summed E-state index contributed by atoms with van der Waals surface area (Å²) in [7, 11) is 1.89. The molecule has 68 valence electrons. The summed E-state index contributed by atoms with van der Waals surface area (Å²) in [6, 6.07) is 1.87. The van der Waals surface area contributed by atoms with Gasteiger partial charge in [0.05, 0.1) is 13.2 Å². The second kappa shape index (κ2) is 4.90. The first kappa shape index (κ1) is 9.22. The zero-order valence-electron chi connectivity index (χ0n) is 7.46. The quantitative estimate of drug-likeness (QED) is 0.661. The lowest BCUT2D eigenvalue weighted by molar-refractivity contribution is 0.119. The van der Waals surface area contributed by atoms with Crippen LogP contribution in [0, 0.1) is 6.92 Å². The maximum atomic E-state index is 5.29. The first-order valence-electron chi connectivity index (χ1n) is 3.97. The van der Waals surface area contributed by atoms with Gasteiger partial charge in [0.25, 0.3) is 0 Å². The van der Waals surface area contributed by atoms with Crippen LogP contribution in [0.4, 0.5) is 0 Å². The summed E-state index contributed by atoms with van der Waals surface area (Å²) < 4.78 is 10.2. The molecule has 0 unspecified atom stereocenters. The second-order valence-corrected chi connectivity index (χ2v) is 2.59. The summed E-state index contributed by atoms with van der Waals surface area (Å²) in [5.74, 6) is 0.821. The zero-order chi connectivity index (χ0) is 8.81. The molecule has 4 nitrogen and oxygen atoms in total. The number of aryl methyl sites for hydroxylation is 1. The van der Waals surface area contributed by atoms with Crippen molar-refractivity contribution >= 4 is 0 Å². The van der Waals surface area contributed by atoms with Gasteiger partial charge in [-0.3, -0.25) is 0 Å². The van der Waals surface area contributed by atoms with Gasteiger partial charge >= 0.3 is 0 Å². The molecule has 0 amide bonds. The first-order valence-corrected chi connectivity index (χ1v) is 3.97. The van der Waals surface area contributed by atoms with Crippen LogP contribution in [0.3, 0.4) is 0 Å². The van der Waals surface area contributed by atoms with Gasteiger partial charge in [-0.1, -0.05) is 5.16 Å². The molecule has 1 rings (SSSR count). The summed E-state index contributed by atoms with van der Waals surface area (Å²) in [4.78, 5) is 0. The molecule has 0 spiro atoms. The molecule has 0 atom stereocenters. The normalized spacial score (nSPS) is 10.5. The van der Waals surface area contributed by atoms with Crippen LogP contribution in [0.15, 0.2) is 10.6 Å². The van der Waals surface area contributed by atoms with Gasteiger partial charge in [0.1, 0.15) is 11.5 Å². The van der Waals surface area contributed by atoms with E-state index in [-0.39, 0.29) is 0 Å². The molecule has 1 heterocycles. The van der Waals surface area contributed by atoms with E-state index >= 15 is 0 Å². The summed E-state index contributed by atoms with van der Waals surface area (Å²) in [5.41, 5.74) is 0.851. The molecule has 4 heteroatoms. The van der Waals surface area contributed by atoms with Crippen molar-refractivity contribution in [3.8, 4) is 0 Å². The fraction of sp³-hybridized carbons (Fsp3) is 0.625. The van der Waals surface area contributed by atoms with Crippen LogP contribution in [-0.2, 0) is 11.3 Å². The Bertz CT molecular complexity index is 223. The van der Waals surface area contributed by atoms with E-state index in [2.05, 4.69) is 10.5 Å². The SMILES string of the molecule is CNCCOCc1cc(C)on1. The third-order valence-electron chi connectivity index (χ3n) is 1.42. The number of aromatic nitrogens is 1. The van der Waals surface area contributed by atoms with Crippen molar-refractivity contribution in [1.82, 2.24) is 10.5 Å². The fourth-order valence-corrected chi connectivity index (χ4v) is 0.837. The molecule has 0 saturated carbocycles. The minimum Gasteiger partial charge on any atom is -0.374 e. The van der Waals surface area contributed by atoms with E-state index in [4.69, 9.17) is 9.26 Å². The average molecular weight is 170 g/mol. The highest BCUT2D eigenvalue weighted by Gasteiger charge is 1.98. The molecule has 1 N–H and O–H groups in total. The first-order chi connectivity index (χ1) is 5.83. The molecule has 0 bridgehead atoms. The van der Waals surface area contributed by atoms with Gasteiger partial charge in [-0.2, -0.15) is 0 Å². The zero-order valence-corrected chi connectivity index (χ0v) is 7.46. The summed E-state index contributed by atoms with van der Waals surface area (Å²) in [6.07, 6.45) is 0. The lowest BCUT2D eigenvalue weighted by atomic mass is 10.4. The number of ether oxygens (including phenoxy) is 1. The van der Waals surface area contributed by atoms with Crippen LogP contribution in [0.1, 0.15) is 11.5 Å². The van der Waals surface area contributed by atoms with E-state index in [0.29, 0.717) is 13.2 Å². The van der Waals surface area contributed by atoms with Crippen molar-refractivity contribution in [3.05, 3.63) is 17.5 Å². The molecule has 12 heavy (non-hydrogen) atoms. The third-order valence-corrected chi connectivity index (χ3v) is 1.42. The Morgan fingerprint density at radius 3 is 3.08 bits per heavy atom. The van der Waals surface area contributed by atoms with E-state index in [1.807, 2.05) is 20.0 Å². The molecular weight excluding hydrogens is 156 g/mol. The number of likely N-dealkylation sites (N-methyl/N-ethyl adjacent to an activating group) is 1. The van der Waals surface area contributed by atoms with Gasteiger partial charge in [-0.05, 0) is 14.0 Å². The Morgan fingerprint density at radius 1 is 1.67 bits per heavy atom. The molecule has 0 aromatic carbocycles. The maximum absolute atomic E-state index is 5.29. The molecule has 0 saturated heterocycles. The molecule has 1 aromatic rings. The van der Waals surface area contributed by atoms with E-state index in [1.54, 1.807) is 0 Å². The van der Waals surface area contributed by atoms with Gasteiger partial charge in [-0.15, -0.1) is 0 Å². The standard InChI is InChI=1S/C8H14N2O2/c1-7-5-8(10-12-7)6-11-4-3-9-2/h5,9H,3-4,6H2,1-2H3. The van der Waals surface area contributed by atoms with Crippen LogP contribution in [-0.4, -0.2) is 25.4 Å². The van der Waals surface area contributed by atoms with Crippen LogP contribution >= 0.6 is 0 Å². The van der Waals surface area contributed by atoms with Crippen molar-refractivity contribution < 1.29 is 9.26 Å². The Hall–Kier alpha value is -0.870. The van der Waals surface area contributed by atoms with Gasteiger partial charge < -0.3 is 14.6 Å². The smallest absolute Gasteiger partial charge is 0.134 e. The third kappa shape index (κ3) is 3.02. The Kier molecular flexibility index (Phi) is 3.76. The van der Waals surface area contributed by atoms with E-state index < -0.39 is 0 Å². The van der Waals surface area contributed by atoms with Gasteiger partial charge in [-0.25, -0.2) is 0 Å². The van der Waals surface area contributed by atoms with Crippen LogP contribution < -0.4 is 5.32 Å². The van der Waals surface area contributed by atoms with E-state index in [1.165, 1.54) is 0 Å². The molecule has 0 aliphatic heterocycles. The summed E-state index contributed by atoms with van der Waals surface area (Å²) in [5, 5.41) is 6.78. The molecule has 0 aliphatic carbocycles. The second-order valence-electron chi connectivity index (χ2n) is 2.59. The monoisotopic (exact) mass is 170 g/mol. The number of rotatable bonds is 5. The lowest BCUT2D eigenvalue weighted by Crippen LogP contribution is -2.14. The Morgan fingerprint density at radius 2 is 2.50 bits per heavy atom. The molecule has 0 radical (unpaired) electrons. The van der Waals surface area contributed by atoms with Crippen molar-refractivity contribution in [2.45, 2.75) is 13.5 Å². The number of nitrogens with zero attached hydrogens (tertiary/aromatic N) is 1. The largest absolute Gasteiger partial charge is 0.374 e. The van der Waals surface area contributed by atoms with Crippen molar-refractivity contribution in [2.75, 3.05) is 20.2 Å². The molecular formula is C8H14N2O2. The highest BCUT2D eigenvalue weighted by atomic mass is 16.5. The Labute approximate surface area is 71.9 Å². The fourth-order valence-electron chi connectivity index (χ4n) is 0.837. The van der Waals surface area contributed by atoms with Gasteiger partial charge in [0.15, 0.2) is 0 Å². The predicted molar refractivity (Wildman–Crippen MR) is 44.8 cm³/mol. The van der Waals surface area contributed by atoms with Crippen LogP contribution in [0.25, 0.3) is 0 Å². The van der Waals surface area contributed by atoms with Crippen molar-refractivity contribution in [3.63, 3.8) is 0 Å². The number of hydrogen-bond acceptors (Lipinski definition) is 4. The maximum Gasteiger partial charge on any atom is 0.134 e. The van der Waals surface area contributed by atoms with E-state index in [9.17, 15) is 0 Å². The minimum atomic E-state index is 0.527.